The Morgan fingerprint density at radius 2 is 1.96 bits per heavy atom. The monoisotopic (exact) mass is 345 g/mol. The van der Waals surface area contributed by atoms with Gasteiger partial charge in [-0.05, 0) is 45.0 Å². The van der Waals surface area contributed by atoms with Gasteiger partial charge in [0.2, 0.25) is 11.7 Å². The van der Waals surface area contributed by atoms with Gasteiger partial charge in [-0.25, -0.2) is 4.79 Å². The summed E-state index contributed by atoms with van der Waals surface area (Å²) < 4.78 is 5.19. The number of carbonyl (C=O) groups is 2. The highest BCUT2D eigenvalue weighted by Crippen LogP contribution is 2.16. The molecule has 0 saturated heterocycles. The van der Waals surface area contributed by atoms with Crippen molar-refractivity contribution in [2.24, 2.45) is 0 Å². The van der Waals surface area contributed by atoms with Gasteiger partial charge < -0.3 is 9.64 Å². The minimum atomic E-state index is -0.402. The van der Waals surface area contributed by atoms with Crippen molar-refractivity contribution in [2.75, 3.05) is 13.1 Å². The molecule has 0 aliphatic heterocycles. The van der Waals surface area contributed by atoms with Gasteiger partial charge >= 0.3 is 5.97 Å². The van der Waals surface area contributed by atoms with Crippen LogP contribution >= 0.6 is 0 Å². The molecule has 0 aliphatic carbocycles. The topological polar surface area (TPSA) is 90.2 Å². The van der Waals surface area contributed by atoms with E-state index in [1.54, 1.807) is 43.0 Å². The van der Waals surface area contributed by atoms with E-state index >= 15 is 0 Å². The number of esters is 1. The summed E-state index contributed by atoms with van der Waals surface area (Å²) in [4.78, 5) is 27.1. The lowest BCUT2D eigenvalue weighted by Crippen LogP contribution is -2.34. The molecule has 1 amide bonds. The van der Waals surface area contributed by atoms with E-state index in [-0.39, 0.29) is 18.6 Å². The summed E-state index contributed by atoms with van der Waals surface area (Å²) in [6.45, 7) is 8.73. The van der Waals surface area contributed by atoms with Gasteiger partial charge in [0.05, 0.1) is 11.7 Å². The molecule has 2 aromatic rings. The largest absolute Gasteiger partial charge is 0.459 e. The number of benzene rings is 1. The SMILES string of the molecule is CCN(CC)C(=O)Cn1nnc(-c2cccc(C(=O)OC(C)C)c2)n1. The molecule has 0 bridgehead atoms. The third-order valence-corrected chi connectivity index (χ3v) is 3.54. The van der Waals surface area contributed by atoms with Gasteiger partial charge in [-0.3, -0.25) is 4.79 Å². The zero-order valence-electron chi connectivity index (χ0n) is 15.0. The Hall–Kier alpha value is -2.77. The van der Waals surface area contributed by atoms with Crippen molar-refractivity contribution < 1.29 is 14.3 Å². The first-order chi connectivity index (χ1) is 11.9. The van der Waals surface area contributed by atoms with E-state index in [9.17, 15) is 9.59 Å². The maximum atomic E-state index is 12.1. The molecule has 134 valence electrons. The zero-order valence-corrected chi connectivity index (χ0v) is 15.0. The van der Waals surface area contributed by atoms with Crippen LogP contribution in [0.5, 0.6) is 0 Å². The summed E-state index contributed by atoms with van der Waals surface area (Å²) >= 11 is 0. The fraction of sp³-hybridized carbons (Fsp3) is 0.471. The quantitative estimate of drug-likeness (QED) is 0.711. The zero-order chi connectivity index (χ0) is 18.4. The summed E-state index contributed by atoms with van der Waals surface area (Å²) in [6, 6.07) is 6.83. The molecule has 2 rings (SSSR count). The lowest BCUT2D eigenvalue weighted by Gasteiger charge is -2.17. The Balaban J connectivity index is 2.14. The van der Waals surface area contributed by atoms with E-state index in [1.165, 1.54) is 4.80 Å². The Bertz CT molecular complexity index is 737. The molecule has 0 spiro atoms. The third kappa shape index (κ3) is 4.85. The smallest absolute Gasteiger partial charge is 0.338 e. The standard InChI is InChI=1S/C17H23N5O3/c1-5-21(6-2)15(23)11-22-19-16(18-20-22)13-8-7-9-14(10-13)17(24)25-12(3)4/h7-10,12H,5-6,11H2,1-4H3. The first-order valence-corrected chi connectivity index (χ1v) is 8.31. The lowest BCUT2D eigenvalue weighted by molar-refractivity contribution is -0.131. The molecule has 0 saturated carbocycles. The molecule has 8 nitrogen and oxygen atoms in total. The number of nitrogens with zero attached hydrogens (tertiary/aromatic N) is 5. The van der Waals surface area contributed by atoms with Crippen LogP contribution in [-0.4, -0.2) is 56.2 Å². The molecule has 1 aromatic heterocycles. The molecule has 0 radical (unpaired) electrons. The highest BCUT2D eigenvalue weighted by Gasteiger charge is 2.15. The van der Waals surface area contributed by atoms with Crippen LogP contribution < -0.4 is 0 Å². The van der Waals surface area contributed by atoms with E-state index in [1.807, 2.05) is 13.8 Å². The second-order valence-electron chi connectivity index (χ2n) is 5.74. The highest BCUT2D eigenvalue weighted by molar-refractivity contribution is 5.90. The summed E-state index contributed by atoms with van der Waals surface area (Å²) in [7, 11) is 0. The van der Waals surface area contributed by atoms with Crippen LogP contribution in [0.4, 0.5) is 0 Å². The van der Waals surface area contributed by atoms with Crippen LogP contribution in [0.25, 0.3) is 11.4 Å². The maximum Gasteiger partial charge on any atom is 0.338 e. The van der Waals surface area contributed by atoms with Gasteiger partial charge in [0, 0.05) is 18.7 Å². The van der Waals surface area contributed by atoms with Crippen molar-refractivity contribution in [3.8, 4) is 11.4 Å². The summed E-state index contributed by atoms with van der Waals surface area (Å²) in [5, 5.41) is 12.1. The predicted octanol–water partition coefficient (Wildman–Crippen LogP) is 1.77. The van der Waals surface area contributed by atoms with Crippen molar-refractivity contribution in [1.29, 1.82) is 0 Å². The molecule has 0 unspecified atom stereocenters. The molecular weight excluding hydrogens is 322 g/mol. The van der Waals surface area contributed by atoms with Crippen LogP contribution in [0, 0.1) is 0 Å². The molecule has 0 fully saturated rings. The molecule has 0 aliphatic rings. The van der Waals surface area contributed by atoms with Crippen molar-refractivity contribution in [2.45, 2.75) is 40.3 Å². The van der Waals surface area contributed by atoms with Gasteiger partial charge in [-0.15, -0.1) is 10.2 Å². The lowest BCUT2D eigenvalue weighted by atomic mass is 10.1. The molecule has 1 aromatic carbocycles. The molecule has 8 heteroatoms. The molecule has 1 heterocycles. The first kappa shape index (κ1) is 18.6. The number of ether oxygens (including phenoxy) is 1. The van der Waals surface area contributed by atoms with Gasteiger partial charge in [-0.1, -0.05) is 12.1 Å². The van der Waals surface area contributed by atoms with Gasteiger partial charge in [0.15, 0.2) is 0 Å². The summed E-state index contributed by atoms with van der Waals surface area (Å²) in [5.74, 6) is -0.115. The van der Waals surface area contributed by atoms with Crippen LogP contribution in [0.2, 0.25) is 0 Å². The number of likely N-dealkylation sites (N-methyl/N-ethyl adjacent to an activating group) is 1. The van der Waals surface area contributed by atoms with Crippen molar-refractivity contribution in [3.63, 3.8) is 0 Å². The number of tetrazole rings is 1. The van der Waals surface area contributed by atoms with Crippen LogP contribution in [0.3, 0.4) is 0 Å². The average molecular weight is 345 g/mol. The van der Waals surface area contributed by atoms with Crippen molar-refractivity contribution >= 4 is 11.9 Å². The van der Waals surface area contributed by atoms with Gasteiger partial charge in [-0.2, -0.15) is 4.80 Å². The van der Waals surface area contributed by atoms with Crippen LogP contribution in [0.1, 0.15) is 38.1 Å². The van der Waals surface area contributed by atoms with E-state index in [2.05, 4.69) is 15.4 Å². The number of rotatable bonds is 7. The molecule has 25 heavy (non-hydrogen) atoms. The van der Waals surface area contributed by atoms with Gasteiger partial charge in [0.25, 0.3) is 0 Å². The number of amides is 1. The number of carbonyl (C=O) groups excluding carboxylic acids is 2. The van der Waals surface area contributed by atoms with Crippen LogP contribution in [-0.2, 0) is 16.1 Å². The average Bonchev–Trinajstić information content (AvgIpc) is 3.04. The second kappa shape index (κ2) is 8.36. The first-order valence-electron chi connectivity index (χ1n) is 8.31. The Morgan fingerprint density at radius 3 is 2.60 bits per heavy atom. The Labute approximate surface area is 146 Å². The third-order valence-electron chi connectivity index (χ3n) is 3.54. The predicted molar refractivity (Wildman–Crippen MR) is 91.7 cm³/mol. The van der Waals surface area contributed by atoms with E-state index in [0.717, 1.165) is 0 Å². The Morgan fingerprint density at radius 1 is 1.24 bits per heavy atom. The number of aromatic nitrogens is 4. The van der Waals surface area contributed by atoms with E-state index in [0.29, 0.717) is 30.0 Å². The van der Waals surface area contributed by atoms with Crippen molar-refractivity contribution in [1.82, 2.24) is 25.1 Å². The molecular formula is C17H23N5O3. The summed E-state index contributed by atoms with van der Waals surface area (Å²) in [5.41, 5.74) is 1.06. The van der Waals surface area contributed by atoms with Crippen molar-refractivity contribution in [3.05, 3.63) is 29.8 Å². The van der Waals surface area contributed by atoms with Gasteiger partial charge in [0.1, 0.15) is 6.54 Å². The molecule has 0 N–H and O–H groups in total. The number of hydrogen-bond acceptors (Lipinski definition) is 6. The normalized spacial score (nSPS) is 10.8. The highest BCUT2D eigenvalue weighted by atomic mass is 16.5. The minimum absolute atomic E-state index is 0.0315. The van der Waals surface area contributed by atoms with E-state index in [4.69, 9.17) is 4.74 Å². The number of hydrogen-bond donors (Lipinski definition) is 0. The maximum absolute atomic E-state index is 12.1. The fourth-order valence-corrected chi connectivity index (χ4v) is 2.29. The minimum Gasteiger partial charge on any atom is -0.459 e. The van der Waals surface area contributed by atoms with Crippen LogP contribution in [0.15, 0.2) is 24.3 Å². The van der Waals surface area contributed by atoms with E-state index < -0.39 is 5.97 Å². The molecule has 0 atom stereocenters. The summed E-state index contributed by atoms with van der Waals surface area (Å²) in [6.07, 6.45) is -0.193. The second-order valence-corrected chi connectivity index (χ2v) is 5.74. The Kier molecular flexibility index (Phi) is 6.21. The fourth-order valence-electron chi connectivity index (χ4n) is 2.29.